The molecule has 0 radical (unpaired) electrons. The molecule has 0 aromatic rings. The molecule has 1 aliphatic heterocycles. The molecule has 1 aliphatic rings. The lowest BCUT2D eigenvalue weighted by molar-refractivity contribution is -0.121. The molecule has 1 fully saturated rings. The van der Waals surface area contributed by atoms with Gasteiger partial charge in [-0.15, -0.1) is 0 Å². The molecular formula is C9H16O2S. The Balaban J connectivity index is 2.42. The topological polar surface area (TPSA) is 26.3 Å². The van der Waals surface area contributed by atoms with Crippen LogP contribution in [0, 0.1) is 5.41 Å². The van der Waals surface area contributed by atoms with E-state index >= 15 is 0 Å². The molecule has 0 atom stereocenters. The predicted octanol–water partition coefficient (Wildman–Crippen LogP) is 1.74. The maximum atomic E-state index is 10.9. The van der Waals surface area contributed by atoms with Crippen LogP contribution in [0.3, 0.4) is 0 Å². The maximum absolute atomic E-state index is 10.9. The molecule has 1 heterocycles. The van der Waals surface area contributed by atoms with Crippen LogP contribution in [0.4, 0.5) is 0 Å². The van der Waals surface area contributed by atoms with E-state index in [9.17, 15) is 4.79 Å². The molecule has 3 heteroatoms. The van der Waals surface area contributed by atoms with Crippen LogP contribution < -0.4 is 0 Å². The Hall–Kier alpha value is -0.0200. The van der Waals surface area contributed by atoms with Crippen LogP contribution in [-0.4, -0.2) is 31.5 Å². The van der Waals surface area contributed by atoms with E-state index in [-0.39, 0.29) is 5.41 Å². The Kier molecular flexibility index (Phi) is 4.09. The average Bonchev–Trinajstić information content (AvgIpc) is 2.16. The number of carbonyl (C=O) groups is 1. The van der Waals surface area contributed by atoms with Crippen molar-refractivity contribution in [1.82, 2.24) is 0 Å². The Morgan fingerprint density at radius 3 is 2.67 bits per heavy atom. The van der Waals surface area contributed by atoms with E-state index in [4.69, 9.17) is 4.74 Å². The molecule has 2 nitrogen and oxygen atoms in total. The molecule has 0 aliphatic carbocycles. The summed E-state index contributed by atoms with van der Waals surface area (Å²) in [6.07, 6.45) is 6.07. The minimum atomic E-state index is -0.0543. The SMILES string of the molecule is CSCCC1(C=O)CCOCC1. The minimum Gasteiger partial charge on any atom is -0.381 e. The summed E-state index contributed by atoms with van der Waals surface area (Å²) in [5.41, 5.74) is -0.0543. The van der Waals surface area contributed by atoms with Crippen molar-refractivity contribution < 1.29 is 9.53 Å². The van der Waals surface area contributed by atoms with Gasteiger partial charge in [-0.1, -0.05) is 0 Å². The molecule has 0 aromatic carbocycles. The number of ether oxygens (including phenoxy) is 1. The van der Waals surface area contributed by atoms with Gasteiger partial charge in [0.25, 0.3) is 0 Å². The zero-order valence-corrected chi connectivity index (χ0v) is 8.36. The van der Waals surface area contributed by atoms with Crippen molar-refractivity contribution in [1.29, 1.82) is 0 Å². The summed E-state index contributed by atoms with van der Waals surface area (Å²) >= 11 is 1.81. The summed E-state index contributed by atoms with van der Waals surface area (Å²) in [6, 6.07) is 0. The standard InChI is InChI=1S/C9H16O2S/c1-12-7-4-9(8-10)2-5-11-6-3-9/h8H,2-7H2,1H3. The number of thioether (sulfide) groups is 1. The third-order valence-corrected chi connectivity index (χ3v) is 3.16. The first-order valence-electron chi connectivity index (χ1n) is 4.36. The predicted molar refractivity (Wildman–Crippen MR) is 51.5 cm³/mol. The van der Waals surface area contributed by atoms with Crippen LogP contribution in [-0.2, 0) is 9.53 Å². The quantitative estimate of drug-likeness (QED) is 0.629. The van der Waals surface area contributed by atoms with Crippen LogP contribution in [0.25, 0.3) is 0 Å². The fraction of sp³-hybridized carbons (Fsp3) is 0.889. The van der Waals surface area contributed by atoms with Crippen molar-refractivity contribution in [2.75, 3.05) is 25.2 Å². The molecule has 0 amide bonds. The molecule has 0 saturated carbocycles. The molecule has 0 N–H and O–H groups in total. The molecule has 1 rings (SSSR count). The average molecular weight is 188 g/mol. The smallest absolute Gasteiger partial charge is 0.126 e. The zero-order chi connectivity index (χ0) is 8.86. The summed E-state index contributed by atoms with van der Waals surface area (Å²) in [5.74, 6) is 1.08. The molecule has 12 heavy (non-hydrogen) atoms. The number of aldehydes is 1. The van der Waals surface area contributed by atoms with Gasteiger partial charge in [0.2, 0.25) is 0 Å². The van der Waals surface area contributed by atoms with Gasteiger partial charge in [0.15, 0.2) is 0 Å². The van der Waals surface area contributed by atoms with Gasteiger partial charge in [-0.25, -0.2) is 0 Å². The number of carbonyl (C=O) groups excluding carboxylic acids is 1. The Bertz CT molecular complexity index is 141. The molecule has 0 bridgehead atoms. The number of rotatable bonds is 4. The highest BCUT2D eigenvalue weighted by Crippen LogP contribution is 2.32. The summed E-state index contributed by atoms with van der Waals surface area (Å²) in [6.45, 7) is 1.51. The van der Waals surface area contributed by atoms with Crippen molar-refractivity contribution in [3.8, 4) is 0 Å². The highest BCUT2D eigenvalue weighted by Gasteiger charge is 2.31. The first-order valence-corrected chi connectivity index (χ1v) is 5.75. The molecule has 0 aromatic heterocycles. The Morgan fingerprint density at radius 1 is 1.50 bits per heavy atom. The molecule has 0 spiro atoms. The zero-order valence-electron chi connectivity index (χ0n) is 7.54. The van der Waals surface area contributed by atoms with E-state index in [0.29, 0.717) is 0 Å². The Morgan fingerprint density at radius 2 is 2.17 bits per heavy atom. The third-order valence-electron chi connectivity index (χ3n) is 2.54. The van der Waals surface area contributed by atoms with Gasteiger partial charge in [-0.05, 0) is 31.3 Å². The Labute approximate surface area is 78.1 Å². The normalized spacial score (nSPS) is 22.1. The van der Waals surface area contributed by atoms with Gasteiger partial charge >= 0.3 is 0 Å². The fourth-order valence-corrected chi connectivity index (χ4v) is 2.12. The van der Waals surface area contributed by atoms with Crippen molar-refractivity contribution in [3.63, 3.8) is 0 Å². The lowest BCUT2D eigenvalue weighted by Gasteiger charge is -2.31. The van der Waals surface area contributed by atoms with Gasteiger partial charge in [0.05, 0.1) is 0 Å². The molecule has 70 valence electrons. The van der Waals surface area contributed by atoms with Gasteiger partial charge in [0.1, 0.15) is 6.29 Å². The van der Waals surface area contributed by atoms with Crippen molar-refractivity contribution >= 4 is 18.0 Å². The van der Waals surface area contributed by atoms with Crippen LogP contribution in [0.15, 0.2) is 0 Å². The second-order valence-corrected chi connectivity index (χ2v) is 4.32. The van der Waals surface area contributed by atoms with Gasteiger partial charge in [0, 0.05) is 18.6 Å². The van der Waals surface area contributed by atoms with E-state index in [0.717, 1.165) is 44.5 Å². The molecular weight excluding hydrogens is 172 g/mol. The van der Waals surface area contributed by atoms with Crippen LogP contribution >= 0.6 is 11.8 Å². The first-order chi connectivity index (χ1) is 5.83. The van der Waals surface area contributed by atoms with Gasteiger partial charge in [-0.3, -0.25) is 0 Å². The van der Waals surface area contributed by atoms with E-state index < -0.39 is 0 Å². The largest absolute Gasteiger partial charge is 0.381 e. The lowest BCUT2D eigenvalue weighted by atomic mass is 9.79. The number of hydrogen-bond acceptors (Lipinski definition) is 3. The summed E-state index contributed by atoms with van der Waals surface area (Å²) < 4.78 is 5.24. The number of hydrogen-bond donors (Lipinski definition) is 0. The third kappa shape index (κ3) is 2.49. The summed E-state index contributed by atoms with van der Waals surface area (Å²) in [5, 5.41) is 0. The fourth-order valence-electron chi connectivity index (χ4n) is 1.51. The van der Waals surface area contributed by atoms with E-state index in [1.54, 1.807) is 0 Å². The van der Waals surface area contributed by atoms with Gasteiger partial charge in [-0.2, -0.15) is 11.8 Å². The van der Waals surface area contributed by atoms with Gasteiger partial charge < -0.3 is 9.53 Å². The van der Waals surface area contributed by atoms with E-state index in [2.05, 4.69) is 6.26 Å². The van der Waals surface area contributed by atoms with Crippen molar-refractivity contribution in [3.05, 3.63) is 0 Å². The van der Waals surface area contributed by atoms with E-state index in [1.165, 1.54) is 0 Å². The highest BCUT2D eigenvalue weighted by atomic mass is 32.2. The first kappa shape index (κ1) is 10.1. The van der Waals surface area contributed by atoms with Crippen LogP contribution in [0.5, 0.6) is 0 Å². The lowest BCUT2D eigenvalue weighted by Crippen LogP contribution is -2.31. The summed E-state index contributed by atoms with van der Waals surface area (Å²) in [4.78, 5) is 10.9. The monoisotopic (exact) mass is 188 g/mol. The van der Waals surface area contributed by atoms with E-state index in [1.807, 2.05) is 11.8 Å². The van der Waals surface area contributed by atoms with Crippen molar-refractivity contribution in [2.24, 2.45) is 5.41 Å². The van der Waals surface area contributed by atoms with Crippen LogP contribution in [0.2, 0.25) is 0 Å². The minimum absolute atomic E-state index is 0.0543. The highest BCUT2D eigenvalue weighted by molar-refractivity contribution is 7.98. The van der Waals surface area contributed by atoms with Crippen LogP contribution in [0.1, 0.15) is 19.3 Å². The second kappa shape index (κ2) is 4.87. The van der Waals surface area contributed by atoms with Crippen molar-refractivity contribution in [2.45, 2.75) is 19.3 Å². The second-order valence-electron chi connectivity index (χ2n) is 3.34. The summed E-state index contributed by atoms with van der Waals surface area (Å²) in [7, 11) is 0. The molecule has 0 unspecified atom stereocenters. The maximum Gasteiger partial charge on any atom is 0.126 e. The molecule has 1 saturated heterocycles.